The van der Waals surface area contributed by atoms with Crippen LogP contribution in [0.1, 0.15) is 40.0 Å². The lowest BCUT2D eigenvalue weighted by molar-refractivity contribution is 0.486. The Balaban J connectivity index is 2.80. The van der Waals surface area contributed by atoms with Crippen molar-refractivity contribution in [3.05, 3.63) is 22.4 Å². The number of halogens is 2. The Bertz CT molecular complexity index is 591. The number of sulfonamides is 1. The number of nitrogens with one attached hydrogen (secondary N) is 1. The average molecular weight is 381 g/mol. The average Bonchev–Trinajstić information content (AvgIpc) is 2.32. The first-order valence-electron chi connectivity index (χ1n) is 6.90. The summed E-state index contributed by atoms with van der Waals surface area (Å²) < 4.78 is 41.1. The molecule has 1 aromatic carbocycles. The zero-order valence-electron chi connectivity index (χ0n) is 12.5. The molecule has 7 heteroatoms. The van der Waals surface area contributed by atoms with Crippen molar-refractivity contribution in [1.29, 1.82) is 0 Å². The van der Waals surface area contributed by atoms with E-state index in [4.69, 9.17) is 5.73 Å². The number of rotatable bonds is 7. The predicted molar refractivity (Wildman–Crippen MR) is 87.0 cm³/mol. The highest BCUT2D eigenvalue weighted by Crippen LogP contribution is 2.26. The fourth-order valence-corrected chi connectivity index (χ4v) is 3.66. The molecule has 0 saturated heterocycles. The van der Waals surface area contributed by atoms with Crippen LogP contribution in [-0.4, -0.2) is 14.5 Å². The van der Waals surface area contributed by atoms with E-state index in [-0.39, 0.29) is 11.7 Å². The number of hydrogen-bond acceptors (Lipinski definition) is 3. The molecular weight excluding hydrogens is 359 g/mol. The third-order valence-corrected chi connectivity index (χ3v) is 5.41. The number of benzene rings is 1. The molecule has 4 nitrogen and oxygen atoms in total. The largest absolute Gasteiger partial charge is 0.398 e. The van der Waals surface area contributed by atoms with Gasteiger partial charge in [0, 0.05) is 16.2 Å². The molecule has 0 heterocycles. The highest BCUT2D eigenvalue weighted by molar-refractivity contribution is 9.10. The fourth-order valence-electron chi connectivity index (χ4n) is 1.97. The molecule has 21 heavy (non-hydrogen) atoms. The first-order chi connectivity index (χ1) is 9.63. The Hall–Kier alpha value is -0.660. The van der Waals surface area contributed by atoms with Gasteiger partial charge in [0.05, 0.1) is 0 Å². The van der Waals surface area contributed by atoms with Gasteiger partial charge in [0.2, 0.25) is 10.0 Å². The Labute approximate surface area is 134 Å². The molecule has 0 aliphatic heterocycles. The van der Waals surface area contributed by atoms with Crippen LogP contribution in [0.15, 0.2) is 21.5 Å². The lowest BCUT2D eigenvalue weighted by Crippen LogP contribution is -2.33. The Morgan fingerprint density at radius 1 is 1.29 bits per heavy atom. The topological polar surface area (TPSA) is 72.2 Å². The Morgan fingerprint density at radius 2 is 1.90 bits per heavy atom. The van der Waals surface area contributed by atoms with E-state index < -0.39 is 20.7 Å². The molecule has 1 atom stereocenters. The molecule has 0 aromatic heterocycles. The van der Waals surface area contributed by atoms with E-state index in [1.165, 1.54) is 0 Å². The van der Waals surface area contributed by atoms with Gasteiger partial charge in [-0.2, -0.15) is 0 Å². The molecule has 0 aliphatic carbocycles. The van der Waals surface area contributed by atoms with Crippen LogP contribution in [0.25, 0.3) is 0 Å². The highest BCUT2D eigenvalue weighted by atomic mass is 79.9. The van der Waals surface area contributed by atoms with Gasteiger partial charge in [-0.1, -0.05) is 26.7 Å². The van der Waals surface area contributed by atoms with Crippen molar-refractivity contribution in [3.63, 3.8) is 0 Å². The third kappa shape index (κ3) is 5.56. The van der Waals surface area contributed by atoms with E-state index in [1.54, 1.807) is 6.92 Å². The minimum absolute atomic E-state index is 0.184. The van der Waals surface area contributed by atoms with Crippen molar-refractivity contribution in [2.24, 2.45) is 5.92 Å². The lowest BCUT2D eigenvalue weighted by Gasteiger charge is -2.15. The second kappa shape index (κ2) is 7.56. The molecule has 0 radical (unpaired) electrons. The summed E-state index contributed by atoms with van der Waals surface area (Å²) in [6, 6.07) is 1.94. The van der Waals surface area contributed by atoms with Gasteiger partial charge in [-0.25, -0.2) is 17.5 Å². The monoisotopic (exact) mass is 380 g/mol. The molecule has 0 spiro atoms. The molecular formula is C14H22BrFN2O2S. The molecule has 120 valence electrons. The second-order valence-electron chi connectivity index (χ2n) is 5.65. The Kier molecular flexibility index (Phi) is 6.62. The van der Waals surface area contributed by atoms with Crippen LogP contribution < -0.4 is 10.5 Å². The predicted octanol–water partition coefficient (Wildman–Crippen LogP) is 3.66. The number of nitrogens with two attached hydrogens (primary N) is 1. The van der Waals surface area contributed by atoms with Crippen LogP contribution in [0.3, 0.4) is 0 Å². The Morgan fingerprint density at radius 3 is 2.48 bits per heavy atom. The molecule has 1 unspecified atom stereocenters. The molecule has 0 aliphatic rings. The van der Waals surface area contributed by atoms with Gasteiger partial charge in [0.1, 0.15) is 10.7 Å². The first-order valence-corrected chi connectivity index (χ1v) is 9.18. The summed E-state index contributed by atoms with van der Waals surface area (Å²) in [7, 11) is -3.91. The van der Waals surface area contributed by atoms with Crippen molar-refractivity contribution in [2.75, 3.05) is 5.73 Å². The summed E-state index contributed by atoms with van der Waals surface area (Å²) in [4.78, 5) is -0.418. The quantitative estimate of drug-likeness (QED) is 0.708. The van der Waals surface area contributed by atoms with Crippen molar-refractivity contribution in [3.8, 4) is 0 Å². The molecule has 0 saturated carbocycles. The summed E-state index contributed by atoms with van der Waals surface area (Å²) in [6.07, 6.45) is 2.67. The van der Waals surface area contributed by atoms with Gasteiger partial charge < -0.3 is 5.73 Å². The minimum Gasteiger partial charge on any atom is -0.398 e. The molecule has 0 bridgehead atoms. The molecule has 3 N–H and O–H groups in total. The number of nitrogen functional groups attached to an aromatic ring is 1. The molecule has 0 amide bonds. The summed E-state index contributed by atoms with van der Waals surface area (Å²) in [6.45, 7) is 6.02. The fraction of sp³-hybridized carbons (Fsp3) is 0.571. The summed E-state index contributed by atoms with van der Waals surface area (Å²) >= 11 is 3.07. The zero-order chi connectivity index (χ0) is 16.2. The van der Waals surface area contributed by atoms with Crippen molar-refractivity contribution < 1.29 is 12.8 Å². The lowest BCUT2D eigenvalue weighted by atomic mass is 10.0. The number of hydrogen-bond donors (Lipinski definition) is 2. The van der Waals surface area contributed by atoms with Gasteiger partial charge >= 0.3 is 0 Å². The maximum atomic E-state index is 13.8. The van der Waals surface area contributed by atoms with E-state index in [2.05, 4.69) is 34.5 Å². The van der Waals surface area contributed by atoms with Crippen molar-refractivity contribution in [1.82, 2.24) is 4.72 Å². The van der Waals surface area contributed by atoms with Crippen LogP contribution in [0.5, 0.6) is 0 Å². The van der Waals surface area contributed by atoms with Crippen LogP contribution >= 0.6 is 15.9 Å². The van der Waals surface area contributed by atoms with Gasteiger partial charge in [0.15, 0.2) is 0 Å². The van der Waals surface area contributed by atoms with Crippen molar-refractivity contribution in [2.45, 2.75) is 51.0 Å². The van der Waals surface area contributed by atoms with Crippen LogP contribution in [0.2, 0.25) is 0 Å². The van der Waals surface area contributed by atoms with E-state index in [0.717, 1.165) is 25.0 Å². The third-order valence-electron chi connectivity index (χ3n) is 3.12. The summed E-state index contributed by atoms with van der Waals surface area (Å²) in [5, 5.41) is 0. The van der Waals surface area contributed by atoms with Gasteiger partial charge in [-0.3, -0.25) is 0 Å². The van der Waals surface area contributed by atoms with Crippen LogP contribution in [0.4, 0.5) is 10.1 Å². The van der Waals surface area contributed by atoms with Crippen molar-refractivity contribution >= 4 is 31.6 Å². The molecule has 0 fully saturated rings. The number of anilines is 1. The van der Waals surface area contributed by atoms with Gasteiger partial charge in [0.25, 0.3) is 0 Å². The van der Waals surface area contributed by atoms with E-state index in [9.17, 15) is 12.8 Å². The first kappa shape index (κ1) is 18.4. The minimum atomic E-state index is -3.91. The zero-order valence-corrected chi connectivity index (χ0v) is 14.9. The summed E-state index contributed by atoms with van der Waals surface area (Å²) in [5.41, 5.74) is 5.81. The molecule has 1 aromatic rings. The standard InChI is InChI=1S/C14H22BrFN2O2S/c1-9(2)5-4-6-10(3)18-21(19,20)14-8-13(17)11(15)7-12(14)16/h7-10,18H,4-6,17H2,1-3H3. The smallest absolute Gasteiger partial charge is 0.243 e. The summed E-state index contributed by atoms with van der Waals surface area (Å²) in [5.74, 6) is -0.240. The maximum absolute atomic E-state index is 13.8. The maximum Gasteiger partial charge on any atom is 0.243 e. The highest BCUT2D eigenvalue weighted by Gasteiger charge is 2.22. The van der Waals surface area contributed by atoms with Crippen LogP contribution in [-0.2, 0) is 10.0 Å². The SMILES string of the molecule is CC(C)CCCC(C)NS(=O)(=O)c1cc(N)c(Br)cc1F. The van der Waals surface area contributed by atoms with E-state index in [0.29, 0.717) is 16.8 Å². The van der Waals surface area contributed by atoms with Crippen LogP contribution in [0, 0.1) is 11.7 Å². The van der Waals surface area contributed by atoms with E-state index >= 15 is 0 Å². The van der Waals surface area contributed by atoms with Gasteiger partial charge in [-0.15, -0.1) is 0 Å². The van der Waals surface area contributed by atoms with Gasteiger partial charge in [-0.05, 0) is 47.3 Å². The normalized spacial score (nSPS) is 13.6. The second-order valence-corrected chi connectivity index (χ2v) is 8.19. The molecule has 1 rings (SSSR count). The van der Waals surface area contributed by atoms with E-state index in [1.807, 2.05) is 0 Å².